The molecule has 3 N–H and O–H groups in total. The number of fused-ring (bicyclic) bond motifs is 2. The number of benzene rings is 2. The van der Waals surface area contributed by atoms with E-state index in [0.717, 1.165) is 28.9 Å². The molecule has 1 spiro atoms. The number of nitrogens with one attached hydrogen (secondary N) is 3. The van der Waals surface area contributed by atoms with E-state index in [1.165, 1.54) is 13.1 Å². The molecule has 2 aromatic carbocycles. The lowest BCUT2D eigenvalue weighted by molar-refractivity contribution is -0.134. The Morgan fingerprint density at radius 2 is 1.93 bits per heavy atom. The van der Waals surface area contributed by atoms with Crippen molar-refractivity contribution in [1.82, 2.24) is 15.5 Å². The normalized spacial score (nSPS) is 20.0. The molecule has 8 heteroatoms. The number of hydrogen-bond donors (Lipinski definition) is 3. The van der Waals surface area contributed by atoms with E-state index < -0.39 is 29.9 Å². The Morgan fingerprint density at radius 1 is 1.13 bits per heavy atom. The average Bonchev–Trinajstić information content (AvgIpc) is 2.98. The maximum Gasteiger partial charge on any atom is 0.325 e. The fourth-order valence-corrected chi connectivity index (χ4v) is 4.18. The molecule has 0 radical (unpaired) electrons. The van der Waals surface area contributed by atoms with Gasteiger partial charge in [0.15, 0.2) is 0 Å². The molecule has 2 aliphatic rings. The number of anilines is 1. The lowest BCUT2D eigenvalue weighted by Gasteiger charge is -2.33. The lowest BCUT2D eigenvalue weighted by Crippen LogP contribution is -2.47. The highest BCUT2D eigenvalue weighted by atomic mass is 16.2. The molecule has 2 aromatic rings. The Bertz CT molecular complexity index is 1050. The third-order valence-corrected chi connectivity index (χ3v) is 5.59. The Morgan fingerprint density at radius 3 is 2.73 bits per heavy atom. The first-order valence-electron chi connectivity index (χ1n) is 9.79. The first-order chi connectivity index (χ1) is 14.4. The van der Waals surface area contributed by atoms with Crippen molar-refractivity contribution in [1.29, 1.82) is 0 Å². The number of rotatable bonds is 4. The molecule has 1 heterocycles. The Kier molecular flexibility index (Phi) is 4.99. The summed E-state index contributed by atoms with van der Waals surface area (Å²) in [6, 6.07) is 13.4. The monoisotopic (exact) mass is 406 g/mol. The molecule has 30 heavy (non-hydrogen) atoms. The zero-order chi connectivity index (χ0) is 21.3. The number of carbonyl (C=O) groups is 4. The van der Waals surface area contributed by atoms with Crippen molar-refractivity contribution < 1.29 is 19.2 Å². The number of amides is 5. The SMILES string of the molecule is CNC(=O)c1cccc(NC(=O)CN2C(=O)NC3(CCCc4ccccc43)C2=O)c1. The molecule has 8 nitrogen and oxygen atoms in total. The molecule has 1 aliphatic carbocycles. The van der Waals surface area contributed by atoms with Crippen molar-refractivity contribution in [3.63, 3.8) is 0 Å². The van der Waals surface area contributed by atoms with Crippen LogP contribution in [0.5, 0.6) is 0 Å². The van der Waals surface area contributed by atoms with Crippen LogP contribution in [0.25, 0.3) is 0 Å². The van der Waals surface area contributed by atoms with Crippen LogP contribution in [0.1, 0.15) is 34.3 Å². The van der Waals surface area contributed by atoms with Gasteiger partial charge >= 0.3 is 6.03 Å². The smallest absolute Gasteiger partial charge is 0.325 e. The molecule has 154 valence electrons. The van der Waals surface area contributed by atoms with Gasteiger partial charge in [-0.1, -0.05) is 30.3 Å². The standard InChI is InChI=1S/C22H22N4O4/c1-23-19(28)15-7-4-9-16(12-15)24-18(27)13-26-20(29)22(25-21(26)30)11-5-8-14-6-2-3-10-17(14)22/h2-4,6-7,9-10,12H,5,8,11,13H2,1H3,(H,23,28)(H,24,27)(H,25,30). The molecule has 4 rings (SSSR count). The van der Waals surface area contributed by atoms with E-state index >= 15 is 0 Å². The second kappa shape index (κ2) is 7.62. The zero-order valence-electron chi connectivity index (χ0n) is 16.5. The van der Waals surface area contributed by atoms with Crippen LogP contribution in [-0.4, -0.2) is 42.2 Å². The maximum absolute atomic E-state index is 13.2. The molecule has 0 aromatic heterocycles. The van der Waals surface area contributed by atoms with Crippen LogP contribution in [0.3, 0.4) is 0 Å². The Hall–Kier alpha value is -3.68. The first kappa shape index (κ1) is 19.6. The van der Waals surface area contributed by atoms with Gasteiger partial charge in [0.05, 0.1) is 0 Å². The van der Waals surface area contributed by atoms with E-state index in [1.807, 2.05) is 24.3 Å². The van der Waals surface area contributed by atoms with Gasteiger partial charge in [-0.05, 0) is 48.6 Å². The van der Waals surface area contributed by atoms with Crippen LogP contribution >= 0.6 is 0 Å². The molecule has 1 atom stereocenters. The van der Waals surface area contributed by atoms with Crippen LogP contribution in [0, 0.1) is 0 Å². The molecular weight excluding hydrogens is 384 g/mol. The maximum atomic E-state index is 13.2. The van der Waals surface area contributed by atoms with Crippen molar-refractivity contribution in [2.24, 2.45) is 0 Å². The summed E-state index contributed by atoms with van der Waals surface area (Å²) in [7, 11) is 1.52. The average molecular weight is 406 g/mol. The van der Waals surface area contributed by atoms with Gasteiger partial charge in [-0.25, -0.2) is 4.79 Å². The van der Waals surface area contributed by atoms with Crippen LogP contribution in [0.4, 0.5) is 10.5 Å². The summed E-state index contributed by atoms with van der Waals surface area (Å²) in [6.07, 6.45) is 2.12. The van der Waals surface area contributed by atoms with E-state index in [-0.39, 0.29) is 5.91 Å². The zero-order valence-corrected chi connectivity index (χ0v) is 16.5. The number of hydrogen-bond acceptors (Lipinski definition) is 4. The molecule has 0 saturated carbocycles. The van der Waals surface area contributed by atoms with Gasteiger partial charge in [-0.2, -0.15) is 0 Å². The van der Waals surface area contributed by atoms with E-state index in [4.69, 9.17) is 0 Å². The van der Waals surface area contributed by atoms with E-state index in [0.29, 0.717) is 17.7 Å². The fourth-order valence-electron chi connectivity index (χ4n) is 4.18. The van der Waals surface area contributed by atoms with Gasteiger partial charge in [-0.3, -0.25) is 19.3 Å². The van der Waals surface area contributed by atoms with Gasteiger partial charge < -0.3 is 16.0 Å². The fraction of sp³-hybridized carbons (Fsp3) is 0.273. The van der Waals surface area contributed by atoms with Crippen LogP contribution in [0.2, 0.25) is 0 Å². The van der Waals surface area contributed by atoms with Crippen molar-refractivity contribution >= 4 is 29.4 Å². The summed E-state index contributed by atoms with van der Waals surface area (Å²) in [5.41, 5.74) is 1.53. The van der Waals surface area contributed by atoms with Crippen LogP contribution in [0.15, 0.2) is 48.5 Å². The van der Waals surface area contributed by atoms with Crippen LogP contribution < -0.4 is 16.0 Å². The van der Waals surface area contributed by atoms with Gasteiger partial charge in [0.25, 0.3) is 11.8 Å². The second-order valence-corrected chi connectivity index (χ2v) is 7.45. The number of nitrogens with zero attached hydrogens (tertiary/aromatic N) is 1. The lowest BCUT2D eigenvalue weighted by atomic mass is 9.76. The second-order valence-electron chi connectivity index (χ2n) is 7.45. The summed E-state index contributed by atoms with van der Waals surface area (Å²) >= 11 is 0. The summed E-state index contributed by atoms with van der Waals surface area (Å²) in [5.74, 6) is -1.21. The molecule has 5 amide bonds. The van der Waals surface area contributed by atoms with Crippen molar-refractivity contribution in [2.45, 2.75) is 24.8 Å². The van der Waals surface area contributed by atoms with Crippen molar-refractivity contribution in [2.75, 3.05) is 18.9 Å². The first-order valence-corrected chi connectivity index (χ1v) is 9.79. The predicted octanol–water partition coefficient (Wildman–Crippen LogP) is 1.77. The summed E-state index contributed by atoms with van der Waals surface area (Å²) in [4.78, 5) is 51.1. The number of aryl methyl sites for hydroxylation is 1. The highest BCUT2D eigenvalue weighted by molar-refractivity contribution is 6.10. The third kappa shape index (κ3) is 3.30. The minimum Gasteiger partial charge on any atom is -0.355 e. The minimum atomic E-state index is -1.11. The minimum absolute atomic E-state index is 0.280. The number of imide groups is 1. The largest absolute Gasteiger partial charge is 0.355 e. The quantitative estimate of drug-likeness (QED) is 0.673. The van der Waals surface area contributed by atoms with Crippen molar-refractivity contribution in [3.8, 4) is 0 Å². The summed E-state index contributed by atoms with van der Waals surface area (Å²) < 4.78 is 0. The molecule has 1 saturated heterocycles. The number of carbonyl (C=O) groups excluding carboxylic acids is 4. The van der Waals surface area contributed by atoms with Gasteiger partial charge in [-0.15, -0.1) is 0 Å². The van der Waals surface area contributed by atoms with E-state index in [2.05, 4.69) is 16.0 Å². The van der Waals surface area contributed by atoms with Gasteiger partial charge in [0.1, 0.15) is 12.1 Å². The van der Waals surface area contributed by atoms with Gasteiger partial charge in [0, 0.05) is 18.3 Å². The molecule has 1 unspecified atom stereocenters. The van der Waals surface area contributed by atoms with Crippen molar-refractivity contribution in [3.05, 3.63) is 65.2 Å². The van der Waals surface area contributed by atoms with E-state index in [9.17, 15) is 19.2 Å². The summed E-state index contributed by atoms with van der Waals surface area (Å²) in [5, 5.41) is 7.99. The molecule has 1 fully saturated rings. The topological polar surface area (TPSA) is 108 Å². The predicted molar refractivity (Wildman–Crippen MR) is 110 cm³/mol. The molecular formula is C22H22N4O4. The third-order valence-electron chi connectivity index (χ3n) is 5.59. The Balaban J connectivity index is 1.51. The molecule has 1 aliphatic heterocycles. The Labute approximate surface area is 173 Å². The van der Waals surface area contributed by atoms with E-state index in [1.54, 1.807) is 18.2 Å². The highest BCUT2D eigenvalue weighted by Gasteiger charge is 2.54. The highest BCUT2D eigenvalue weighted by Crippen LogP contribution is 2.39. The summed E-state index contributed by atoms with van der Waals surface area (Å²) in [6.45, 7) is -0.404. The van der Waals surface area contributed by atoms with Crippen LogP contribution in [-0.2, 0) is 21.5 Å². The molecule has 0 bridgehead atoms. The van der Waals surface area contributed by atoms with Gasteiger partial charge in [0.2, 0.25) is 5.91 Å². The number of urea groups is 1.